The fraction of sp³-hybridized carbons (Fsp3) is 0.650. The molecule has 138 valence electrons. The number of esters is 1. The Balaban J connectivity index is 2.16. The van der Waals surface area contributed by atoms with Crippen LogP contribution < -0.4 is 0 Å². The Morgan fingerprint density at radius 3 is 2.60 bits per heavy atom. The molecule has 2 rings (SSSR count). The second kappa shape index (κ2) is 7.24. The third kappa shape index (κ3) is 4.27. The summed E-state index contributed by atoms with van der Waals surface area (Å²) in [4.78, 5) is 37.3. The minimum absolute atomic E-state index is 0.131. The van der Waals surface area contributed by atoms with Gasteiger partial charge in [-0.2, -0.15) is 0 Å². The summed E-state index contributed by atoms with van der Waals surface area (Å²) < 4.78 is 11.0. The van der Waals surface area contributed by atoms with Gasteiger partial charge in [0.05, 0.1) is 6.10 Å². The Labute approximate surface area is 149 Å². The highest BCUT2D eigenvalue weighted by atomic mass is 16.6. The second-order valence-electron chi connectivity index (χ2n) is 7.86. The van der Waals surface area contributed by atoms with Crippen LogP contribution in [-0.2, 0) is 23.9 Å². The van der Waals surface area contributed by atoms with Gasteiger partial charge in [-0.15, -0.1) is 0 Å². The maximum Gasteiger partial charge on any atom is 0.306 e. The number of epoxide rings is 1. The fourth-order valence-corrected chi connectivity index (χ4v) is 3.19. The van der Waals surface area contributed by atoms with Gasteiger partial charge < -0.3 is 9.47 Å². The monoisotopic (exact) mass is 348 g/mol. The smallest absolute Gasteiger partial charge is 0.306 e. The van der Waals surface area contributed by atoms with Crippen LogP contribution in [0.1, 0.15) is 53.9 Å². The van der Waals surface area contributed by atoms with Crippen molar-refractivity contribution in [3.8, 4) is 0 Å². The van der Waals surface area contributed by atoms with Crippen molar-refractivity contribution in [2.75, 3.05) is 0 Å². The number of ether oxygens (including phenoxy) is 2. The molecule has 0 radical (unpaired) electrons. The van der Waals surface area contributed by atoms with Crippen molar-refractivity contribution >= 4 is 17.5 Å². The molecule has 2 aliphatic rings. The van der Waals surface area contributed by atoms with E-state index in [1.165, 1.54) is 0 Å². The summed E-state index contributed by atoms with van der Waals surface area (Å²) in [6.07, 6.45) is 1.56. The first-order valence-electron chi connectivity index (χ1n) is 8.83. The van der Waals surface area contributed by atoms with Gasteiger partial charge in [0.25, 0.3) is 0 Å². The zero-order valence-corrected chi connectivity index (χ0v) is 15.8. The van der Waals surface area contributed by atoms with Crippen LogP contribution >= 0.6 is 0 Å². The molecule has 5 heteroatoms. The van der Waals surface area contributed by atoms with Gasteiger partial charge in [-0.25, -0.2) is 0 Å². The summed E-state index contributed by atoms with van der Waals surface area (Å²) in [6.45, 7) is 13.3. The van der Waals surface area contributed by atoms with Crippen molar-refractivity contribution in [1.82, 2.24) is 0 Å². The van der Waals surface area contributed by atoms with Gasteiger partial charge in [-0.1, -0.05) is 32.1 Å². The second-order valence-corrected chi connectivity index (χ2v) is 7.86. The van der Waals surface area contributed by atoms with Gasteiger partial charge >= 0.3 is 5.97 Å². The quantitative estimate of drug-likeness (QED) is 0.306. The first-order valence-corrected chi connectivity index (χ1v) is 8.83. The number of allylic oxidation sites excluding steroid dienone is 2. The molecule has 0 N–H and O–H groups in total. The molecule has 25 heavy (non-hydrogen) atoms. The first-order chi connectivity index (χ1) is 11.6. The first kappa shape index (κ1) is 19.6. The van der Waals surface area contributed by atoms with E-state index in [9.17, 15) is 14.4 Å². The third-order valence-corrected chi connectivity index (χ3v) is 4.86. The molecule has 0 aromatic heterocycles. The van der Waals surface area contributed by atoms with E-state index < -0.39 is 23.6 Å². The molecule has 1 saturated heterocycles. The molecule has 0 aromatic carbocycles. The zero-order valence-electron chi connectivity index (χ0n) is 15.8. The molecule has 1 saturated carbocycles. The Bertz CT molecular complexity index is 626. The van der Waals surface area contributed by atoms with Crippen molar-refractivity contribution in [2.45, 2.75) is 71.7 Å². The molecule has 2 fully saturated rings. The highest BCUT2D eigenvalue weighted by Gasteiger charge is 2.66. The van der Waals surface area contributed by atoms with Gasteiger partial charge in [0.1, 0.15) is 0 Å². The fourth-order valence-electron chi connectivity index (χ4n) is 3.19. The molecule has 4 atom stereocenters. The van der Waals surface area contributed by atoms with Gasteiger partial charge in [-0.3, -0.25) is 14.4 Å². The Hall–Kier alpha value is -1.75. The lowest BCUT2D eigenvalue weighted by Crippen LogP contribution is -2.48. The zero-order chi connectivity index (χ0) is 18.9. The number of hydrogen-bond acceptors (Lipinski definition) is 5. The lowest BCUT2D eigenvalue weighted by Gasteiger charge is -2.31. The maximum atomic E-state index is 12.7. The highest BCUT2D eigenvalue weighted by molar-refractivity contribution is 6.01. The van der Waals surface area contributed by atoms with Crippen LogP contribution in [0, 0.1) is 11.8 Å². The molecule has 1 heterocycles. The number of carbonyl (C=O) groups excluding carboxylic acids is 3. The minimum Gasteiger partial charge on any atom is -0.454 e. The summed E-state index contributed by atoms with van der Waals surface area (Å²) in [5.74, 6) is -1.20. The van der Waals surface area contributed by atoms with E-state index in [-0.39, 0.29) is 36.4 Å². The molecular weight excluding hydrogens is 320 g/mol. The molecule has 1 aliphatic carbocycles. The molecule has 0 aromatic rings. The molecule has 4 unspecified atom stereocenters. The Morgan fingerprint density at radius 1 is 1.40 bits per heavy atom. The average Bonchev–Trinajstić information content (AvgIpc) is 3.18. The summed E-state index contributed by atoms with van der Waals surface area (Å²) in [7, 11) is 0. The van der Waals surface area contributed by atoms with E-state index in [0.717, 1.165) is 5.57 Å². The normalized spacial score (nSPS) is 30.5. The van der Waals surface area contributed by atoms with Crippen molar-refractivity contribution in [3.63, 3.8) is 0 Å². The predicted octanol–water partition coefficient (Wildman–Crippen LogP) is 3.17. The summed E-state index contributed by atoms with van der Waals surface area (Å²) in [5, 5.41) is 0. The van der Waals surface area contributed by atoms with Crippen LogP contribution in [0.2, 0.25) is 0 Å². The molecule has 5 nitrogen and oxygen atoms in total. The molecule has 1 aliphatic heterocycles. The van der Waals surface area contributed by atoms with Crippen molar-refractivity contribution in [2.24, 2.45) is 11.8 Å². The van der Waals surface area contributed by atoms with Crippen LogP contribution in [0.4, 0.5) is 0 Å². The number of hydrogen-bond donors (Lipinski definition) is 0. The minimum atomic E-state index is -0.988. The molecular formula is C20H28O5. The number of rotatable bonds is 7. The van der Waals surface area contributed by atoms with Crippen LogP contribution in [0.3, 0.4) is 0 Å². The molecule has 0 bridgehead atoms. The van der Waals surface area contributed by atoms with Crippen molar-refractivity contribution < 1.29 is 23.9 Å². The van der Waals surface area contributed by atoms with Crippen LogP contribution in [0.25, 0.3) is 0 Å². The van der Waals surface area contributed by atoms with Gasteiger partial charge in [0.15, 0.2) is 17.5 Å². The van der Waals surface area contributed by atoms with Crippen molar-refractivity contribution in [3.05, 3.63) is 23.8 Å². The molecule has 0 amide bonds. The topological polar surface area (TPSA) is 73.0 Å². The predicted molar refractivity (Wildman–Crippen MR) is 93.9 cm³/mol. The number of carbonyl (C=O) groups is 3. The van der Waals surface area contributed by atoms with E-state index in [4.69, 9.17) is 9.47 Å². The number of Topliss-reactive ketones (excluding diaryl/α,β-unsaturated/α-hetero) is 2. The highest BCUT2D eigenvalue weighted by Crippen LogP contribution is 2.49. The van der Waals surface area contributed by atoms with Crippen LogP contribution in [-0.4, -0.2) is 35.3 Å². The lowest BCUT2D eigenvalue weighted by atomic mass is 9.75. The number of ketones is 2. The number of fused-ring (bicyclic) bond motifs is 1. The Kier molecular flexibility index (Phi) is 5.67. The van der Waals surface area contributed by atoms with E-state index >= 15 is 0 Å². The van der Waals surface area contributed by atoms with E-state index in [1.54, 1.807) is 6.92 Å². The van der Waals surface area contributed by atoms with Gasteiger partial charge in [-0.05, 0) is 38.7 Å². The average molecular weight is 348 g/mol. The largest absolute Gasteiger partial charge is 0.454 e. The van der Waals surface area contributed by atoms with Gasteiger partial charge in [0.2, 0.25) is 5.78 Å². The molecule has 0 spiro atoms. The summed E-state index contributed by atoms with van der Waals surface area (Å²) >= 11 is 0. The lowest BCUT2D eigenvalue weighted by molar-refractivity contribution is -0.161. The standard InChI is InChI=1S/C20H28O5/c1-11(2)7-8-15(21)13(5)14-10-16-20(6,25-16)19(23)18(14)24-17(22)9-12(3)4/h7,12,14,16,18H,5,8-10H2,1-4,6H3. The maximum absolute atomic E-state index is 12.7. The van der Waals surface area contributed by atoms with E-state index in [1.807, 2.05) is 33.8 Å². The third-order valence-electron chi connectivity index (χ3n) is 4.86. The van der Waals surface area contributed by atoms with E-state index in [2.05, 4.69) is 6.58 Å². The summed E-state index contributed by atoms with van der Waals surface area (Å²) in [5.41, 5.74) is 0.493. The van der Waals surface area contributed by atoms with Crippen LogP contribution in [0.15, 0.2) is 23.8 Å². The Morgan fingerprint density at radius 2 is 2.04 bits per heavy atom. The van der Waals surface area contributed by atoms with Gasteiger partial charge in [0, 0.05) is 18.8 Å². The van der Waals surface area contributed by atoms with E-state index in [0.29, 0.717) is 12.0 Å². The SMILES string of the molecule is C=C(C(=O)CC=C(C)C)C1CC2OC2(C)C(=O)C1OC(=O)CC(C)C. The van der Waals surface area contributed by atoms with Crippen molar-refractivity contribution in [1.29, 1.82) is 0 Å². The van der Waals surface area contributed by atoms with Crippen LogP contribution in [0.5, 0.6) is 0 Å². The summed E-state index contributed by atoms with van der Waals surface area (Å²) in [6, 6.07) is 0.